The van der Waals surface area contributed by atoms with Gasteiger partial charge in [-0.1, -0.05) is 23.2 Å². The molecule has 0 aliphatic rings. The molecule has 0 heterocycles. The molecule has 39 heavy (non-hydrogen) atoms. The Morgan fingerprint density at radius 3 is 2.26 bits per heavy atom. The monoisotopic (exact) mass is 604 g/mol. The van der Waals surface area contributed by atoms with E-state index in [4.69, 9.17) is 32.7 Å². The van der Waals surface area contributed by atoms with Crippen LogP contribution in [0.2, 0.25) is 10.0 Å². The van der Waals surface area contributed by atoms with Gasteiger partial charge in [0.15, 0.2) is 6.10 Å². The van der Waals surface area contributed by atoms with Crippen molar-refractivity contribution in [1.82, 2.24) is 0 Å². The second-order valence-corrected chi connectivity index (χ2v) is 11.0. The number of carbonyl (C=O) groups is 2. The van der Waals surface area contributed by atoms with Gasteiger partial charge in [0.05, 0.1) is 25.2 Å². The Hall–Kier alpha value is -3.68. The van der Waals surface area contributed by atoms with Crippen LogP contribution in [0.5, 0.6) is 11.5 Å². The number of ether oxygens (including phenoxy) is 2. The molecule has 0 N–H and O–H groups in total. The standard InChI is InChI=1S/C24H17Cl2F3N2O7S/c1-13(22(32)30-39(2,36)17-7-4-15(25)5-8-17)37-23(33)18-12-16(6-9-20(18)31(34)35)38-21-10-3-14(11-19(21)26)24(27,28)29/h3-13H,1-2H3. The van der Waals surface area contributed by atoms with E-state index in [0.29, 0.717) is 17.2 Å². The third kappa shape index (κ3) is 7.46. The van der Waals surface area contributed by atoms with Gasteiger partial charge in [0.1, 0.15) is 17.1 Å². The Kier molecular flexibility index (Phi) is 8.88. The molecule has 0 aliphatic carbocycles. The van der Waals surface area contributed by atoms with Gasteiger partial charge in [0.2, 0.25) is 0 Å². The summed E-state index contributed by atoms with van der Waals surface area (Å²) in [5, 5.41) is 11.4. The molecule has 0 radical (unpaired) electrons. The maximum absolute atomic E-state index is 12.9. The summed E-state index contributed by atoms with van der Waals surface area (Å²) < 4.78 is 65.6. The summed E-state index contributed by atoms with van der Waals surface area (Å²) in [6.45, 7) is 1.13. The molecule has 0 saturated heterocycles. The number of nitrogens with zero attached hydrogens (tertiary/aromatic N) is 2. The molecular weight excluding hydrogens is 588 g/mol. The normalized spacial score (nSPS) is 13.6. The molecule has 1 amide bonds. The first-order valence-electron chi connectivity index (χ1n) is 10.6. The second kappa shape index (κ2) is 11.6. The van der Waals surface area contributed by atoms with Gasteiger partial charge in [-0.2, -0.15) is 17.5 Å². The number of rotatable bonds is 7. The Balaban J connectivity index is 1.85. The maximum Gasteiger partial charge on any atom is 0.416 e. The van der Waals surface area contributed by atoms with Gasteiger partial charge in [-0.3, -0.25) is 14.9 Å². The molecule has 3 aromatic rings. The lowest BCUT2D eigenvalue weighted by molar-refractivity contribution is -0.385. The summed E-state index contributed by atoms with van der Waals surface area (Å²) in [4.78, 5) is 36.1. The molecule has 0 spiro atoms. The highest BCUT2D eigenvalue weighted by Gasteiger charge is 2.31. The summed E-state index contributed by atoms with van der Waals surface area (Å²) in [7, 11) is -3.24. The van der Waals surface area contributed by atoms with Gasteiger partial charge >= 0.3 is 12.1 Å². The lowest BCUT2D eigenvalue weighted by Gasteiger charge is -2.13. The number of hydrogen-bond donors (Lipinski definition) is 0. The molecule has 2 unspecified atom stereocenters. The third-order valence-corrected chi connectivity index (χ3v) is 7.24. The van der Waals surface area contributed by atoms with E-state index in [1.165, 1.54) is 30.5 Å². The zero-order valence-electron chi connectivity index (χ0n) is 19.9. The molecule has 0 aliphatic heterocycles. The molecule has 2 atom stereocenters. The minimum Gasteiger partial charge on any atom is -0.456 e. The summed E-state index contributed by atoms with van der Waals surface area (Å²) >= 11 is 11.7. The van der Waals surface area contributed by atoms with Crippen molar-refractivity contribution in [2.24, 2.45) is 4.36 Å². The quantitative estimate of drug-likeness (QED) is 0.162. The van der Waals surface area contributed by atoms with Crippen molar-refractivity contribution in [3.8, 4) is 11.5 Å². The van der Waals surface area contributed by atoms with Gasteiger partial charge in [0.25, 0.3) is 11.6 Å². The van der Waals surface area contributed by atoms with Crippen molar-refractivity contribution in [2.75, 3.05) is 6.26 Å². The number of alkyl halides is 3. The van der Waals surface area contributed by atoms with Crippen LogP contribution >= 0.6 is 23.2 Å². The van der Waals surface area contributed by atoms with Crippen molar-refractivity contribution in [1.29, 1.82) is 0 Å². The van der Waals surface area contributed by atoms with E-state index in [9.17, 15) is 37.1 Å². The number of nitro benzene ring substituents is 1. The van der Waals surface area contributed by atoms with Gasteiger partial charge in [-0.05, 0) is 55.5 Å². The van der Waals surface area contributed by atoms with E-state index < -0.39 is 60.6 Å². The summed E-state index contributed by atoms with van der Waals surface area (Å²) in [5.74, 6) is -2.80. The maximum atomic E-state index is 12.9. The number of amides is 1. The molecule has 0 fully saturated rings. The largest absolute Gasteiger partial charge is 0.456 e. The molecule has 206 valence electrons. The fraction of sp³-hybridized carbons (Fsp3) is 0.167. The zero-order valence-corrected chi connectivity index (χ0v) is 22.2. The van der Waals surface area contributed by atoms with Crippen LogP contribution in [0.4, 0.5) is 18.9 Å². The molecule has 0 saturated carbocycles. The molecule has 0 bridgehead atoms. The first kappa shape index (κ1) is 29.9. The van der Waals surface area contributed by atoms with Crippen LogP contribution in [0.25, 0.3) is 0 Å². The average Bonchev–Trinajstić information content (AvgIpc) is 2.84. The number of esters is 1. The smallest absolute Gasteiger partial charge is 0.416 e. The number of benzene rings is 3. The van der Waals surface area contributed by atoms with E-state index >= 15 is 0 Å². The van der Waals surface area contributed by atoms with Gasteiger partial charge in [0, 0.05) is 28.3 Å². The summed E-state index contributed by atoms with van der Waals surface area (Å²) in [6, 6.07) is 10.9. The Bertz CT molecular complexity index is 1570. The van der Waals surface area contributed by atoms with Crippen LogP contribution < -0.4 is 4.74 Å². The fourth-order valence-corrected chi connectivity index (χ4v) is 4.63. The predicted octanol–water partition coefficient (Wildman–Crippen LogP) is 6.94. The summed E-state index contributed by atoms with van der Waals surface area (Å²) in [5.41, 5.74) is -2.36. The van der Waals surface area contributed by atoms with Crippen molar-refractivity contribution >= 4 is 50.5 Å². The van der Waals surface area contributed by atoms with Crippen molar-refractivity contribution in [2.45, 2.75) is 24.1 Å². The molecule has 9 nitrogen and oxygen atoms in total. The third-order valence-electron chi connectivity index (χ3n) is 5.02. The van der Waals surface area contributed by atoms with Crippen LogP contribution in [0.15, 0.2) is 69.9 Å². The highest BCUT2D eigenvalue weighted by Crippen LogP contribution is 2.37. The van der Waals surface area contributed by atoms with Crippen molar-refractivity contribution in [3.63, 3.8) is 0 Å². The average molecular weight is 605 g/mol. The Labute approximate surface area is 229 Å². The number of carbonyl (C=O) groups excluding carboxylic acids is 2. The van der Waals surface area contributed by atoms with Crippen molar-refractivity contribution < 1.29 is 41.4 Å². The van der Waals surface area contributed by atoms with Crippen LogP contribution in [-0.2, 0) is 25.4 Å². The lowest BCUT2D eigenvalue weighted by Crippen LogP contribution is -2.24. The number of halogens is 5. The lowest BCUT2D eigenvalue weighted by atomic mass is 10.1. The number of nitro groups is 1. The highest BCUT2D eigenvalue weighted by molar-refractivity contribution is 7.93. The van der Waals surface area contributed by atoms with E-state index in [1.54, 1.807) is 0 Å². The fourth-order valence-electron chi connectivity index (χ4n) is 3.05. The molecule has 3 rings (SSSR count). The van der Waals surface area contributed by atoms with Gasteiger partial charge in [-0.25, -0.2) is 9.00 Å². The van der Waals surface area contributed by atoms with Gasteiger partial charge in [-0.15, -0.1) is 0 Å². The molecule has 15 heteroatoms. The first-order valence-corrected chi connectivity index (χ1v) is 13.3. The minimum atomic E-state index is -4.65. The van der Waals surface area contributed by atoms with E-state index in [0.717, 1.165) is 31.2 Å². The SMILES string of the molecule is CC(OC(=O)c1cc(Oc2ccc(C(F)(F)F)cc2Cl)ccc1[N+](=O)[O-])C(=O)N=S(C)(=O)c1ccc(Cl)cc1. The van der Waals surface area contributed by atoms with E-state index in [2.05, 4.69) is 4.36 Å². The topological polar surface area (TPSA) is 125 Å². The Morgan fingerprint density at radius 2 is 1.69 bits per heavy atom. The molecule has 0 aromatic heterocycles. The predicted molar refractivity (Wildman–Crippen MR) is 136 cm³/mol. The van der Waals surface area contributed by atoms with Crippen LogP contribution in [0.1, 0.15) is 22.8 Å². The molecular formula is C24H17Cl2F3N2O7S. The minimum absolute atomic E-state index is 0.196. The van der Waals surface area contributed by atoms with E-state index in [1.807, 2.05) is 0 Å². The van der Waals surface area contributed by atoms with Crippen LogP contribution in [0.3, 0.4) is 0 Å². The van der Waals surface area contributed by atoms with Crippen LogP contribution in [0, 0.1) is 10.1 Å². The van der Waals surface area contributed by atoms with Gasteiger partial charge < -0.3 is 9.47 Å². The number of hydrogen-bond acceptors (Lipinski definition) is 7. The van der Waals surface area contributed by atoms with Crippen molar-refractivity contribution in [3.05, 3.63) is 92.0 Å². The van der Waals surface area contributed by atoms with E-state index in [-0.39, 0.29) is 16.4 Å². The van der Waals surface area contributed by atoms with Crippen LogP contribution in [-0.4, -0.2) is 33.4 Å². The highest BCUT2D eigenvalue weighted by atomic mass is 35.5. The first-order chi connectivity index (χ1) is 18.1. The Morgan fingerprint density at radius 1 is 1.05 bits per heavy atom. The molecule has 3 aromatic carbocycles. The summed E-state index contributed by atoms with van der Waals surface area (Å²) in [6.07, 6.45) is -5.04. The zero-order chi connectivity index (χ0) is 29.1. The second-order valence-electron chi connectivity index (χ2n) is 7.91.